The van der Waals surface area contributed by atoms with E-state index in [2.05, 4.69) is 15.5 Å². The molecule has 3 aromatic rings. The van der Waals surface area contributed by atoms with E-state index in [0.29, 0.717) is 6.54 Å². The molecule has 0 aliphatic rings. The van der Waals surface area contributed by atoms with Gasteiger partial charge in [0.2, 0.25) is 0 Å². The monoisotopic (exact) mass is 227 g/mol. The van der Waals surface area contributed by atoms with Gasteiger partial charge in [0, 0.05) is 12.6 Å². The summed E-state index contributed by atoms with van der Waals surface area (Å²) in [5.41, 5.74) is 8.71. The average molecular weight is 227 g/mol. The molecule has 0 bridgehead atoms. The van der Waals surface area contributed by atoms with Gasteiger partial charge in [0.1, 0.15) is 11.4 Å². The third kappa shape index (κ3) is 1.45. The Balaban J connectivity index is 2.46. The Hall–Kier alpha value is -2.07. The number of aromatic nitrogens is 2. The Morgan fingerprint density at radius 3 is 2.88 bits per heavy atom. The summed E-state index contributed by atoms with van der Waals surface area (Å²) in [4.78, 5) is 4.34. The number of nitrogens with two attached hydrogens (primary N) is 1. The van der Waals surface area contributed by atoms with Crippen LogP contribution in [-0.4, -0.2) is 16.5 Å². The van der Waals surface area contributed by atoms with Crippen molar-refractivity contribution in [2.24, 2.45) is 5.73 Å². The SMILES string of the molecule is COc1ccc2ccc3ncc(CN)n3c2c1. The molecule has 17 heavy (non-hydrogen) atoms. The molecule has 3 rings (SSSR count). The Morgan fingerprint density at radius 1 is 1.29 bits per heavy atom. The Bertz CT molecular complexity index is 688. The van der Waals surface area contributed by atoms with Crippen molar-refractivity contribution in [2.45, 2.75) is 6.54 Å². The molecule has 0 unspecified atom stereocenters. The van der Waals surface area contributed by atoms with E-state index < -0.39 is 0 Å². The first-order valence-corrected chi connectivity index (χ1v) is 5.46. The van der Waals surface area contributed by atoms with E-state index >= 15 is 0 Å². The molecule has 4 nitrogen and oxygen atoms in total. The van der Waals surface area contributed by atoms with Gasteiger partial charge in [0.15, 0.2) is 0 Å². The van der Waals surface area contributed by atoms with E-state index in [1.54, 1.807) is 7.11 Å². The van der Waals surface area contributed by atoms with Crippen molar-refractivity contribution in [1.29, 1.82) is 0 Å². The molecule has 0 amide bonds. The fourth-order valence-corrected chi connectivity index (χ4v) is 2.09. The van der Waals surface area contributed by atoms with Crippen molar-refractivity contribution in [2.75, 3.05) is 7.11 Å². The third-order valence-corrected chi connectivity index (χ3v) is 2.96. The quantitative estimate of drug-likeness (QED) is 0.728. The summed E-state index contributed by atoms with van der Waals surface area (Å²) < 4.78 is 7.32. The van der Waals surface area contributed by atoms with Gasteiger partial charge in [-0.3, -0.25) is 4.40 Å². The van der Waals surface area contributed by atoms with Crippen molar-refractivity contribution < 1.29 is 4.74 Å². The maximum absolute atomic E-state index is 5.73. The zero-order chi connectivity index (χ0) is 11.8. The second kappa shape index (κ2) is 3.75. The molecule has 0 fully saturated rings. The molecule has 86 valence electrons. The number of imidazole rings is 1. The first-order valence-electron chi connectivity index (χ1n) is 5.46. The van der Waals surface area contributed by atoms with Crippen molar-refractivity contribution in [3.05, 3.63) is 42.2 Å². The van der Waals surface area contributed by atoms with Crippen molar-refractivity contribution in [3.63, 3.8) is 0 Å². The highest BCUT2D eigenvalue weighted by Crippen LogP contribution is 2.23. The molecule has 0 saturated heterocycles. The highest BCUT2D eigenvalue weighted by atomic mass is 16.5. The number of rotatable bonds is 2. The van der Waals surface area contributed by atoms with Crippen LogP contribution in [-0.2, 0) is 6.54 Å². The van der Waals surface area contributed by atoms with Gasteiger partial charge in [-0.2, -0.15) is 0 Å². The summed E-state index contributed by atoms with van der Waals surface area (Å²) in [7, 11) is 1.67. The van der Waals surface area contributed by atoms with Crippen LogP contribution in [0.3, 0.4) is 0 Å². The molecule has 2 aromatic heterocycles. The standard InChI is InChI=1S/C13H13N3O/c1-17-11-4-2-9-3-5-13-15-8-10(7-14)16(13)12(9)6-11/h2-6,8H,7,14H2,1H3. The lowest BCUT2D eigenvalue weighted by molar-refractivity contribution is 0.415. The number of fused-ring (bicyclic) bond motifs is 3. The second-order valence-electron chi connectivity index (χ2n) is 3.91. The van der Waals surface area contributed by atoms with Crippen LogP contribution < -0.4 is 10.5 Å². The van der Waals surface area contributed by atoms with E-state index in [1.807, 2.05) is 30.5 Å². The van der Waals surface area contributed by atoms with E-state index in [-0.39, 0.29) is 0 Å². The zero-order valence-corrected chi connectivity index (χ0v) is 9.55. The first kappa shape index (κ1) is 10.1. The minimum Gasteiger partial charge on any atom is -0.497 e. The molecule has 0 atom stereocenters. The third-order valence-electron chi connectivity index (χ3n) is 2.96. The van der Waals surface area contributed by atoms with E-state index in [9.17, 15) is 0 Å². The Labute approximate surface area is 98.6 Å². The number of benzene rings is 1. The minimum absolute atomic E-state index is 0.470. The number of ether oxygens (including phenoxy) is 1. The van der Waals surface area contributed by atoms with Gasteiger partial charge in [0.05, 0.1) is 24.5 Å². The van der Waals surface area contributed by atoms with Gasteiger partial charge in [-0.05, 0) is 29.7 Å². The summed E-state index contributed by atoms with van der Waals surface area (Å²) in [6.07, 6.45) is 1.81. The highest BCUT2D eigenvalue weighted by molar-refractivity contribution is 5.83. The maximum Gasteiger partial charge on any atom is 0.137 e. The normalized spacial score (nSPS) is 11.2. The fourth-order valence-electron chi connectivity index (χ4n) is 2.09. The number of pyridine rings is 1. The molecule has 0 aliphatic heterocycles. The first-order chi connectivity index (χ1) is 8.33. The molecule has 0 spiro atoms. The summed E-state index contributed by atoms with van der Waals surface area (Å²) in [6.45, 7) is 0.470. The van der Waals surface area contributed by atoms with E-state index in [4.69, 9.17) is 10.5 Å². The van der Waals surface area contributed by atoms with Crippen LogP contribution >= 0.6 is 0 Å². The largest absolute Gasteiger partial charge is 0.497 e. The zero-order valence-electron chi connectivity index (χ0n) is 9.55. The van der Waals surface area contributed by atoms with Crippen molar-refractivity contribution in [3.8, 4) is 5.75 Å². The van der Waals surface area contributed by atoms with Crippen LogP contribution in [0.25, 0.3) is 16.6 Å². The molecule has 1 aromatic carbocycles. The topological polar surface area (TPSA) is 52.5 Å². The Morgan fingerprint density at radius 2 is 2.12 bits per heavy atom. The van der Waals surface area contributed by atoms with Crippen molar-refractivity contribution in [1.82, 2.24) is 9.38 Å². The average Bonchev–Trinajstić information content (AvgIpc) is 2.81. The van der Waals surface area contributed by atoms with Gasteiger partial charge in [-0.15, -0.1) is 0 Å². The lowest BCUT2D eigenvalue weighted by atomic mass is 10.2. The molecule has 4 heteroatoms. The summed E-state index contributed by atoms with van der Waals surface area (Å²) in [5.74, 6) is 0.835. The minimum atomic E-state index is 0.470. The van der Waals surface area contributed by atoms with Gasteiger partial charge in [-0.1, -0.05) is 0 Å². The van der Waals surface area contributed by atoms with E-state index in [1.165, 1.54) is 0 Å². The molecule has 2 heterocycles. The summed E-state index contributed by atoms with van der Waals surface area (Å²) in [5, 5.41) is 1.14. The predicted molar refractivity (Wildman–Crippen MR) is 67.1 cm³/mol. The number of hydrogen-bond acceptors (Lipinski definition) is 3. The summed E-state index contributed by atoms with van der Waals surface area (Å²) in [6, 6.07) is 10.0. The number of hydrogen-bond donors (Lipinski definition) is 1. The molecule has 0 saturated carbocycles. The highest BCUT2D eigenvalue weighted by Gasteiger charge is 2.06. The van der Waals surface area contributed by atoms with Gasteiger partial charge in [-0.25, -0.2) is 4.98 Å². The van der Waals surface area contributed by atoms with Crippen LogP contribution in [0.2, 0.25) is 0 Å². The van der Waals surface area contributed by atoms with E-state index in [0.717, 1.165) is 28.0 Å². The fraction of sp³-hybridized carbons (Fsp3) is 0.154. The second-order valence-corrected chi connectivity index (χ2v) is 3.91. The molecule has 2 N–H and O–H groups in total. The van der Waals surface area contributed by atoms with Gasteiger partial charge >= 0.3 is 0 Å². The molecular weight excluding hydrogens is 214 g/mol. The lowest BCUT2D eigenvalue weighted by Crippen LogP contribution is -2.01. The molecular formula is C13H13N3O. The maximum atomic E-state index is 5.73. The van der Waals surface area contributed by atoms with Crippen LogP contribution in [0.15, 0.2) is 36.5 Å². The number of nitrogens with zero attached hydrogens (tertiary/aromatic N) is 2. The molecule has 0 aliphatic carbocycles. The summed E-state index contributed by atoms with van der Waals surface area (Å²) >= 11 is 0. The van der Waals surface area contributed by atoms with Crippen LogP contribution in [0, 0.1) is 0 Å². The van der Waals surface area contributed by atoms with Crippen LogP contribution in [0.1, 0.15) is 5.69 Å². The Kier molecular flexibility index (Phi) is 2.23. The van der Waals surface area contributed by atoms with Crippen LogP contribution in [0.4, 0.5) is 0 Å². The smallest absolute Gasteiger partial charge is 0.137 e. The molecule has 0 radical (unpaired) electrons. The predicted octanol–water partition coefficient (Wildman–Crippen LogP) is 1.95. The van der Waals surface area contributed by atoms with Gasteiger partial charge in [0.25, 0.3) is 0 Å². The number of methoxy groups -OCH3 is 1. The van der Waals surface area contributed by atoms with Gasteiger partial charge < -0.3 is 10.5 Å². The van der Waals surface area contributed by atoms with Crippen LogP contribution in [0.5, 0.6) is 5.75 Å². The lowest BCUT2D eigenvalue weighted by Gasteiger charge is -2.07. The van der Waals surface area contributed by atoms with Crippen molar-refractivity contribution >= 4 is 16.6 Å².